The first-order valence-electron chi connectivity index (χ1n) is 6.39. The van der Waals surface area contributed by atoms with E-state index in [1.165, 1.54) is 0 Å². The van der Waals surface area contributed by atoms with E-state index < -0.39 is 0 Å². The van der Waals surface area contributed by atoms with Gasteiger partial charge in [-0.3, -0.25) is 0 Å². The van der Waals surface area contributed by atoms with Crippen LogP contribution in [0.15, 0.2) is 54.6 Å². The molecule has 3 rings (SSSR count). The van der Waals surface area contributed by atoms with Gasteiger partial charge in [0.25, 0.3) is 0 Å². The zero-order valence-corrected chi connectivity index (χ0v) is 11.8. The van der Waals surface area contributed by atoms with Gasteiger partial charge in [-0.25, -0.2) is 0 Å². The number of aryl methyl sites for hydroxylation is 1. The number of fused-ring (bicyclic) bond motifs is 1. The maximum atomic E-state index is 9.29. The Kier molecular flexibility index (Phi) is 3.18. The normalized spacial score (nSPS) is 10.4. The van der Waals surface area contributed by atoms with Crippen molar-refractivity contribution in [2.24, 2.45) is 0 Å². The summed E-state index contributed by atoms with van der Waals surface area (Å²) in [5, 5.41) is 12.1. The minimum absolute atomic E-state index is 0.718. The van der Waals surface area contributed by atoms with Crippen molar-refractivity contribution in [1.82, 2.24) is 0 Å². The topological polar surface area (TPSA) is 23.8 Å². The second-order valence-corrected chi connectivity index (χ2v) is 5.22. The molecule has 0 saturated heterocycles. The Labute approximate surface area is 123 Å². The van der Waals surface area contributed by atoms with Crippen molar-refractivity contribution in [1.29, 1.82) is 5.26 Å². The van der Waals surface area contributed by atoms with Crippen molar-refractivity contribution < 1.29 is 0 Å². The highest BCUT2D eigenvalue weighted by molar-refractivity contribution is 6.30. The second kappa shape index (κ2) is 5.00. The van der Waals surface area contributed by atoms with Gasteiger partial charge in [-0.2, -0.15) is 5.26 Å². The standard InChI is InChI=1S/C18H12ClN/c1-12-10-14(11-20)16-4-2-3-5-17(16)18(12)13-6-8-15(19)9-7-13/h2-10H,1H3. The van der Waals surface area contributed by atoms with E-state index in [4.69, 9.17) is 11.6 Å². The van der Waals surface area contributed by atoms with Crippen LogP contribution in [-0.4, -0.2) is 0 Å². The summed E-state index contributed by atoms with van der Waals surface area (Å²) in [6.45, 7) is 2.04. The molecule has 3 aromatic carbocycles. The van der Waals surface area contributed by atoms with Crippen molar-refractivity contribution in [3.63, 3.8) is 0 Å². The summed E-state index contributed by atoms with van der Waals surface area (Å²) in [5.74, 6) is 0. The molecule has 3 aromatic rings. The number of halogens is 1. The molecule has 0 saturated carbocycles. The second-order valence-electron chi connectivity index (χ2n) is 4.78. The van der Waals surface area contributed by atoms with E-state index in [2.05, 4.69) is 12.1 Å². The summed E-state index contributed by atoms with van der Waals surface area (Å²) in [6, 6.07) is 20.1. The molecule has 2 heteroatoms. The Balaban J connectivity index is 2.39. The Morgan fingerprint density at radius 3 is 2.25 bits per heavy atom. The Morgan fingerprint density at radius 2 is 1.60 bits per heavy atom. The van der Waals surface area contributed by atoms with E-state index in [1.807, 2.05) is 55.5 Å². The van der Waals surface area contributed by atoms with Gasteiger partial charge in [-0.05, 0) is 47.2 Å². The summed E-state index contributed by atoms with van der Waals surface area (Å²) < 4.78 is 0. The molecule has 0 spiro atoms. The maximum Gasteiger partial charge on any atom is 0.0998 e. The molecule has 1 nitrogen and oxygen atoms in total. The predicted molar refractivity (Wildman–Crippen MR) is 83.8 cm³/mol. The zero-order chi connectivity index (χ0) is 14.1. The van der Waals surface area contributed by atoms with Crippen LogP contribution in [0.5, 0.6) is 0 Å². The molecular weight excluding hydrogens is 266 g/mol. The van der Waals surface area contributed by atoms with E-state index in [1.54, 1.807) is 0 Å². The maximum absolute atomic E-state index is 9.29. The first-order valence-corrected chi connectivity index (χ1v) is 6.77. The molecule has 0 bridgehead atoms. The minimum atomic E-state index is 0.718. The van der Waals surface area contributed by atoms with Gasteiger partial charge in [0.1, 0.15) is 0 Å². The van der Waals surface area contributed by atoms with E-state index >= 15 is 0 Å². The molecule has 0 aliphatic carbocycles. The molecule has 20 heavy (non-hydrogen) atoms. The van der Waals surface area contributed by atoms with Crippen LogP contribution in [0, 0.1) is 18.3 Å². The van der Waals surface area contributed by atoms with Gasteiger partial charge in [0.05, 0.1) is 11.6 Å². The Morgan fingerprint density at radius 1 is 0.950 bits per heavy atom. The van der Waals surface area contributed by atoms with Crippen LogP contribution in [0.25, 0.3) is 21.9 Å². The van der Waals surface area contributed by atoms with Gasteiger partial charge in [0, 0.05) is 10.4 Å². The first kappa shape index (κ1) is 12.7. The number of nitrogens with zero attached hydrogens (tertiary/aromatic N) is 1. The summed E-state index contributed by atoms with van der Waals surface area (Å²) in [4.78, 5) is 0. The van der Waals surface area contributed by atoms with Crippen LogP contribution in [0.2, 0.25) is 5.02 Å². The van der Waals surface area contributed by atoms with Crippen LogP contribution in [0.3, 0.4) is 0 Å². The van der Waals surface area contributed by atoms with Gasteiger partial charge in [-0.1, -0.05) is 48.0 Å². The summed E-state index contributed by atoms with van der Waals surface area (Å²) >= 11 is 5.96. The summed E-state index contributed by atoms with van der Waals surface area (Å²) in [6.07, 6.45) is 0. The van der Waals surface area contributed by atoms with E-state index in [0.717, 1.165) is 38.0 Å². The molecule has 96 valence electrons. The first-order chi connectivity index (χ1) is 9.70. The lowest BCUT2D eigenvalue weighted by atomic mass is 9.91. The van der Waals surface area contributed by atoms with Gasteiger partial charge >= 0.3 is 0 Å². The van der Waals surface area contributed by atoms with E-state index in [-0.39, 0.29) is 0 Å². The van der Waals surface area contributed by atoms with Crippen molar-refractivity contribution in [3.05, 3.63) is 70.7 Å². The van der Waals surface area contributed by atoms with Gasteiger partial charge in [0.2, 0.25) is 0 Å². The van der Waals surface area contributed by atoms with Crippen LogP contribution >= 0.6 is 11.6 Å². The highest BCUT2D eigenvalue weighted by atomic mass is 35.5. The molecule has 0 amide bonds. The highest BCUT2D eigenvalue weighted by Crippen LogP contribution is 2.34. The van der Waals surface area contributed by atoms with Crippen LogP contribution < -0.4 is 0 Å². The van der Waals surface area contributed by atoms with Gasteiger partial charge in [0.15, 0.2) is 0 Å². The van der Waals surface area contributed by atoms with Crippen molar-refractivity contribution >= 4 is 22.4 Å². The van der Waals surface area contributed by atoms with Crippen LogP contribution in [0.4, 0.5) is 0 Å². The van der Waals surface area contributed by atoms with Gasteiger partial charge in [-0.15, -0.1) is 0 Å². The lowest BCUT2D eigenvalue weighted by Gasteiger charge is -2.12. The minimum Gasteiger partial charge on any atom is -0.192 e. The van der Waals surface area contributed by atoms with Crippen molar-refractivity contribution in [2.45, 2.75) is 6.92 Å². The zero-order valence-electron chi connectivity index (χ0n) is 11.0. The largest absolute Gasteiger partial charge is 0.192 e. The lowest BCUT2D eigenvalue weighted by Crippen LogP contribution is -1.90. The van der Waals surface area contributed by atoms with Crippen LogP contribution in [0.1, 0.15) is 11.1 Å². The van der Waals surface area contributed by atoms with Gasteiger partial charge < -0.3 is 0 Å². The summed E-state index contributed by atoms with van der Waals surface area (Å²) in [5.41, 5.74) is 4.10. The molecular formula is C18H12ClN. The molecule has 0 heterocycles. The van der Waals surface area contributed by atoms with E-state index in [0.29, 0.717) is 0 Å². The average molecular weight is 278 g/mol. The number of nitriles is 1. The third-order valence-corrected chi connectivity index (χ3v) is 3.75. The SMILES string of the molecule is Cc1cc(C#N)c2ccccc2c1-c1ccc(Cl)cc1. The fourth-order valence-corrected chi connectivity index (χ4v) is 2.73. The molecule has 0 aliphatic heterocycles. The van der Waals surface area contributed by atoms with Crippen molar-refractivity contribution in [2.75, 3.05) is 0 Å². The number of rotatable bonds is 1. The molecule has 0 aromatic heterocycles. The molecule has 0 N–H and O–H groups in total. The van der Waals surface area contributed by atoms with Crippen LogP contribution in [-0.2, 0) is 0 Å². The smallest absolute Gasteiger partial charge is 0.0998 e. The molecule has 0 unspecified atom stereocenters. The lowest BCUT2D eigenvalue weighted by molar-refractivity contribution is 1.44. The number of benzene rings is 3. The molecule has 0 fully saturated rings. The highest BCUT2D eigenvalue weighted by Gasteiger charge is 2.10. The van der Waals surface area contributed by atoms with E-state index in [9.17, 15) is 5.26 Å². The molecule has 0 aliphatic rings. The summed E-state index contributed by atoms with van der Waals surface area (Å²) in [7, 11) is 0. The third kappa shape index (κ3) is 2.05. The Bertz CT molecular complexity index is 826. The Hall–Kier alpha value is -2.30. The number of hydrogen-bond acceptors (Lipinski definition) is 1. The fourth-order valence-electron chi connectivity index (χ4n) is 2.61. The molecule has 0 atom stereocenters. The monoisotopic (exact) mass is 277 g/mol. The average Bonchev–Trinajstić information content (AvgIpc) is 2.48. The predicted octanol–water partition coefficient (Wildman–Crippen LogP) is 5.34. The third-order valence-electron chi connectivity index (χ3n) is 3.50. The fraction of sp³-hybridized carbons (Fsp3) is 0.0556. The number of hydrogen-bond donors (Lipinski definition) is 0. The van der Waals surface area contributed by atoms with Crippen molar-refractivity contribution in [3.8, 4) is 17.2 Å². The molecule has 0 radical (unpaired) electrons. The quantitative estimate of drug-likeness (QED) is 0.589.